The molecule has 0 amide bonds. The molecule has 4 rings (SSSR count). The SMILES string of the molecule is COc1cccc(-c2noc(NC3CCN(Cc4ccc(F)cc4)CC3)n2)c1. The molecule has 7 heteroatoms. The van der Waals surface area contributed by atoms with Crippen molar-refractivity contribution in [3.8, 4) is 17.1 Å². The maximum Gasteiger partial charge on any atom is 0.322 e. The average molecular weight is 382 g/mol. The second kappa shape index (κ2) is 8.39. The first kappa shape index (κ1) is 18.4. The van der Waals surface area contributed by atoms with Gasteiger partial charge in [0.15, 0.2) is 0 Å². The molecule has 28 heavy (non-hydrogen) atoms. The van der Waals surface area contributed by atoms with Gasteiger partial charge in [-0.25, -0.2) is 4.39 Å². The van der Waals surface area contributed by atoms with Crippen molar-refractivity contribution >= 4 is 6.01 Å². The molecule has 1 N–H and O–H groups in total. The average Bonchev–Trinajstić information content (AvgIpc) is 3.20. The molecule has 6 nitrogen and oxygen atoms in total. The summed E-state index contributed by atoms with van der Waals surface area (Å²) in [6.45, 7) is 2.77. The van der Waals surface area contributed by atoms with Crippen LogP contribution in [0.3, 0.4) is 0 Å². The van der Waals surface area contributed by atoms with E-state index in [9.17, 15) is 4.39 Å². The maximum absolute atomic E-state index is 13.0. The van der Waals surface area contributed by atoms with Gasteiger partial charge in [-0.3, -0.25) is 4.90 Å². The van der Waals surface area contributed by atoms with Gasteiger partial charge in [0.2, 0.25) is 5.82 Å². The number of piperidine rings is 1. The van der Waals surface area contributed by atoms with Crippen LogP contribution in [0.5, 0.6) is 5.75 Å². The van der Waals surface area contributed by atoms with E-state index in [1.54, 1.807) is 7.11 Å². The van der Waals surface area contributed by atoms with Crippen LogP contribution < -0.4 is 10.1 Å². The zero-order chi connectivity index (χ0) is 19.3. The van der Waals surface area contributed by atoms with Crippen LogP contribution in [0.2, 0.25) is 0 Å². The summed E-state index contributed by atoms with van der Waals surface area (Å²) in [5, 5.41) is 7.40. The van der Waals surface area contributed by atoms with E-state index in [4.69, 9.17) is 9.26 Å². The predicted molar refractivity (Wildman–Crippen MR) is 105 cm³/mol. The van der Waals surface area contributed by atoms with Crippen LogP contribution in [0.15, 0.2) is 53.1 Å². The molecule has 1 aliphatic rings. The van der Waals surface area contributed by atoms with E-state index < -0.39 is 0 Å². The van der Waals surface area contributed by atoms with Gasteiger partial charge in [0.05, 0.1) is 7.11 Å². The van der Waals surface area contributed by atoms with Gasteiger partial charge in [-0.2, -0.15) is 4.98 Å². The molecule has 0 spiro atoms. The highest BCUT2D eigenvalue weighted by atomic mass is 19.1. The quantitative estimate of drug-likeness (QED) is 0.696. The van der Waals surface area contributed by atoms with Crippen molar-refractivity contribution in [1.29, 1.82) is 0 Å². The van der Waals surface area contributed by atoms with Gasteiger partial charge in [-0.1, -0.05) is 29.4 Å². The fraction of sp³-hybridized carbons (Fsp3) is 0.333. The standard InChI is InChI=1S/C21H23FN4O2/c1-27-19-4-2-3-16(13-19)20-24-21(28-25-20)23-18-9-11-26(12-10-18)14-15-5-7-17(22)8-6-15/h2-8,13,18H,9-12,14H2,1H3,(H,23,24,25). The van der Waals surface area contributed by atoms with Gasteiger partial charge in [0, 0.05) is 31.2 Å². The Morgan fingerprint density at radius 3 is 2.71 bits per heavy atom. The highest BCUT2D eigenvalue weighted by molar-refractivity contribution is 5.57. The Bertz CT molecular complexity index is 905. The molecule has 0 radical (unpaired) electrons. The summed E-state index contributed by atoms with van der Waals surface area (Å²) in [5.74, 6) is 1.10. The molecule has 0 bridgehead atoms. The lowest BCUT2D eigenvalue weighted by Gasteiger charge is -2.31. The Labute approximate surface area is 163 Å². The van der Waals surface area contributed by atoms with Crippen molar-refractivity contribution in [3.05, 3.63) is 59.9 Å². The number of methoxy groups -OCH3 is 1. The van der Waals surface area contributed by atoms with Gasteiger partial charge < -0.3 is 14.6 Å². The van der Waals surface area contributed by atoms with Crippen LogP contribution in [0.25, 0.3) is 11.4 Å². The Balaban J connectivity index is 1.30. The lowest BCUT2D eigenvalue weighted by atomic mass is 10.0. The minimum absolute atomic E-state index is 0.195. The summed E-state index contributed by atoms with van der Waals surface area (Å²) >= 11 is 0. The van der Waals surface area contributed by atoms with Crippen LogP contribution in [-0.2, 0) is 6.54 Å². The summed E-state index contributed by atoms with van der Waals surface area (Å²) in [6.07, 6.45) is 1.97. The molecule has 3 aromatic rings. The van der Waals surface area contributed by atoms with Crippen molar-refractivity contribution in [2.24, 2.45) is 0 Å². The van der Waals surface area contributed by atoms with Crippen LogP contribution >= 0.6 is 0 Å². The van der Waals surface area contributed by atoms with Gasteiger partial charge in [0.25, 0.3) is 0 Å². The number of nitrogens with one attached hydrogen (secondary N) is 1. The molecule has 2 heterocycles. The first-order valence-corrected chi connectivity index (χ1v) is 9.41. The molecule has 0 atom stereocenters. The van der Waals surface area contributed by atoms with Crippen LogP contribution in [-0.4, -0.2) is 41.3 Å². The fourth-order valence-corrected chi connectivity index (χ4v) is 3.42. The van der Waals surface area contributed by atoms with E-state index in [1.807, 2.05) is 36.4 Å². The number of hydrogen-bond acceptors (Lipinski definition) is 6. The monoisotopic (exact) mass is 382 g/mol. The Morgan fingerprint density at radius 1 is 1.18 bits per heavy atom. The zero-order valence-corrected chi connectivity index (χ0v) is 15.8. The van der Waals surface area contributed by atoms with E-state index in [1.165, 1.54) is 12.1 Å². The molecule has 0 saturated carbocycles. The fourth-order valence-electron chi connectivity index (χ4n) is 3.42. The van der Waals surface area contributed by atoms with Gasteiger partial charge in [0.1, 0.15) is 11.6 Å². The molecule has 146 valence electrons. The van der Waals surface area contributed by atoms with Crippen molar-refractivity contribution in [3.63, 3.8) is 0 Å². The van der Waals surface area contributed by atoms with Gasteiger partial charge in [-0.05, 0) is 42.7 Å². The van der Waals surface area contributed by atoms with Crippen molar-refractivity contribution in [2.45, 2.75) is 25.4 Å². The number of halogens is 1. The normalized spacial score (nSPS) is 15.5. The lowest BCUT2D eigenvalue weighted by molar-refractivity contribution is 0.209. The molecule has 1 fully saturated rings. The van der Waals surface area contributed by atoms with E-state index in [-0.39, 0.29) is 5.82 Å². The minimum Gasteiger partial charge on any atom is -0.497 e. The lowest BCUT2D eigenvalue weighted by Crippen LogP contribution is -2.38. The second-order valence-electron chi connectivity index (χ2n) is 6.98. The molecule has 0 unspecified atom stereocenters. The molecule has 1 aromatic heterocycles. The third kappa shape index (κ3) is 4.48. The van der Waals surface area contributed by atoms with E-state index in [0.29, 0.717) is 17.9 Å². The number of ether oxygens (including phenoxy) is 1. The molecule has 1 saturated heterocycles. The Morgan fingerprint density at radius 2 is 1.96 bits per heavy atom. The second-order valence-corrected chi connectivity index (χ2v) is 6.98. The van der Waals surface area contributed by atoms with Crippen LogP contribution in [0, 0.1) is 5.82 Å². The topological polar surface area (TPSA) is 63.4 Å². The smallest absolute Gasteiger partial charge is 0.322 e. The van der Waals surface area contributed by atoms with E-state index in [0.717, 1.165) is 49.4 Å². The van der Waals surface area contributed by atoms with Gasteiger partial charge in [-0.15, -0.1) is 0 Å². The van der Waals surface area contributed by atoms with E-state index in [2.05, 4.69) is 20.4 Å². The third-order valence-electron chi connectivity index (χ3n) is 4.99. The minimum atomic E-state index is -0.195. The largest absolute Gasteiger partial charge is 0.497 e. The number of hydrogen-bond donors (Lipinski definition) is 1. The number of nitrogens with zero attached hydrogens (tertiary/aromatic N) is 3. The highest BCUT2D eigenvalue weighted by Crippen LogP contribution is 2.23. The third-order valence-corrected chi connectivity index (χ3v) is 4.99. The van der Waals surface area contributed by atoms with Gasteiger partial charge >= 0.3 is 6.01 Å². The Hall–Kier alpha value is -2.93. The number of likely N-dealkylation sites (tertiary alicyclic amines) is 1. The number of rotatable bonds is 6. The predicted octanol–water partition coefficient (Wildman–Crippen LogP) is 3.96. The summed E-state index contributed by atoms with van der Waals surface area (Å²) in [6, 6.07) is 15.0. The molecule has 1 aliphatic heterocycles. The number of benzene rings is 2. The molecular weight excluding hydrogens is 359 g/mol. The summed E-state index contributed by atoms with van der Waals surface area (Å²) in [4.78, 5) is 6.83. The summed E-state index contributed by atoms with van der Waals surface area (Å²) < 4.78 is 23.6. The molecule has 2 aromatic carbocycles. The van der Waals surface area contributed by atoms with Crippen LogP contribution in [0.1, 0.15) is 18.4 Å². The molecular formula is C21H23FN4O2. The van der Waals surface area contributed by atoms with Crippen molar-refractivity contribution in [1.82, 2.24) is 15.0 Å². The summed E-state index contributed by atoms with van der Waals surface area (Å²) in [5.41, 5.74) is 1.98. The van der Waals surface area contributed by atoms with E-state index >= 15 is 0 Å². The number of anilines is 1. The van der Waals surface area contributed by atoms with Crippen LogP contribution in [0.4, 0.5) is 10.4 Å². The maximum atomic E-state index is 13.0. The number of aromatic nitrogens is 2. The highest BCUT2D eigenvalue weighted by Gasteiger charge is 2.21. The van der Waals surface area contributed by atoms with Crippen molar-refractivity contribution in [2.75, 3.05) is 25.5 Å². The zero-order valence-electron chi connectivity index (χ0n) is 15.8. The Kier molecular flexibility index (Phi) is 5.53. The first-order valence-electron chi connectivity index (χ1n) is 9.41. The molecule has 0 aliphatic carbocycles. The van der Waals surface area contributed by atoms with Crippen molar-refractivity contribution < 1.29 is 13.7 Å². The summed E-state index contributed by atoms with van der Waals surface area (Å²) in [7, 11) is 1.63. The first-order chi connectivity index (χ1) is 13.7.